The van der Waals surface area contributed by atoms with Crippen LogP contribution in [-0.4, -0.2) is 39.5 Å². The van der Waals surface area contributed by atoms with E-state index in [0.29, 0.717) is 30.1 Å². The summed E-state index contributed by atoms with van der Waals surface area (Å²) in [6.45, 7) is 4.63. The maximum atomic E-state index is 12.3. The van der Waals surface area contributed by atoms with Gasteiger partial charge in [-0.15, -0.1) is 10.2 Å². The Morgan fingerprint density at radius 3 is 2.68 bits per heavy atom. The van der Waals surface area contributed by atoms with Crippen LogP contribution in [0.1, 0.15) is 56.9 Å². The lowest BCUT2D eigenvalue weighted by Gasteiger charge is -2.23. The van der Waals surface area contributed by atoms with Crippen molar-refractivity contribution in [1.82, 2.24) is 15.1 Å². The molecule has 3 rings (SSSR count). The minimum Gasteiger partial charge on any atom is -0.339 e. The molecule has 0 aromatic carbocycles. The number of anilines is 1. The van der Waals surface area contributed by atoms with Crippen LogP contribution in [0.3, 0.4) is 0 Å². The Balaban J connectivity index is 1.59. The Morgan fingerprint density at radius 1 is 1.32 bits per heavy atom. The number of carbonyl (C=O) groups excluding carboxylic acids is 2. The minimum atomic E-state index is -0.264. The van der Waals surface area contributed by atoms with Gasteiger partial charge < -0.3 is 10.2 Å². The van der Waals surface area contributed by atoms with Crippen molar-refractivity contribution < 1.29 is 9.59 Å². The van der Waals surface area contributed by atoms with E-state index >= 15 is 0 Å². The maximum Gasteiger partial charge on any atom is 0.231 e. The van der Waals surface area contributed by atoms with Crippen molar-refractivity contribution in [1.29, 1.82) is 0 Å². The summed E-state index contributed by atoms with van der Waals surface area (Å²) in [4.78, 5) is 26.4. The molecule has 0 radical (unpaired) electrons. The van der Waals surface area contributed by atoms with Gasteiger partial charge in [-0.3, -0.25) is 9.59 Å². The summed E-state index contributed by atoms with van der Waals surface area (Å²) in [6.07, 6.45) is 4.85. The molecule has 1 N–H and O–H groups in total. The van der Waals surface area contributed by atoms with Crippen LogP contribution in [-0.2, 0) is 9.59 Å². The van der Waals surface area contributed by atoms with Gasteiger partial charge in [0.05, 0.1) is 5.92 Å². The smallest absolute Gasteiger partial charge is 0.231 e. The highest BCUT2D eigenvalue weighted by atomic mass is 32.1. The second kappa shape index (κ2) is 6.32. The highest BCUT2D eigenvalue weighted by Crippen LogP contribution is 2.30. The number of likely N-dealkylation sites (tertiary alicyclic amines) is 1. The molecule has 1 aromatic heterocycles. The predicted molar refractivity (Wildman–Crippen MR) is 84.7 cm³/mol. The summed E-state index contributed by atoms with van der Waals surface area (Å²) < 4.78 is 0. The van der Waals surface area contributed by atoms with Crippen LogP contribution < -0.4 is 5.32 Å². The van der Waals surface area contributed by atoms with Crippen molar-refractivity contribution in [2.75, 3.05) is 11.9 Å². The third kappa shape index (κ3) is 3.14. The summed E-state index contributed by atoms with van der Waals surface area (Å²) in [5, 5.41) is 12.3. The highest BCUT2D eigenvalue weighted by molar-refractivity contribution is 7.15. The van der Waals surface area contributed by atoms with Gasteiger partial charge in [-0.2, -0.15) is 0 Å². The van der Waals surface area contributed by atoms with Gasteiger partial charge >= 0.3 is 0 Å². The molecule has 2 amide bonds. The van der Waals surface area contributed by atoms with Crippen LogP contribution in [0.25, 0.3) is 0 Å². The molecule has 7 heteroatoms. The first kappa shape index (κ1) is 15.4. The van der Waals surface area contributed by atoms with Crippen molar-refractivity contribution in [3.8, 4) is 0 Å². The largest absolute Gasteiger partial charge is 0.339 e. The van der Waals surface area contributed by atoms with Gasteiger partial charge in [0.1, 0.15) is 5.01 Å². The maximum absolute atomic E-state index is 12.3. The monoisotopic (exact) mass is 322 g/mol. The molecule has 1 aliphatic heterocycles. The second-order valence-electron chi connectivity index (χ2n) is 6.47. The molecule has 1 atom stereocenters. The van der Waals surface area contributed by atoms with Crippen molar-refractivity contribution >= 4 is 28.3 Å². The zero-order valence-electron chi connectivity index (χ0n) is 13.0. The van der Waals surface area contributed by atoms with E-state index in [4.69, 9.17) is 0 Å². The molecule has 2 aliphatic rings. The SMILES string of the molecule is CC(C)c1nnc(NC(=O)[C@@H]2CC(=O)N(C3CCCC3)C2)s1. The fraction of sp³-hybridized carbons (Fsp3) is 0.733. The summed E-state index contributed by atoms with van der Waals surface area (Å²) in [5.41, 5.74) is 0. The Bertz CT molecular complexity index is 566. The summed E-state index contributed by atoms with van der Waals surface area (Å²) in [7, 11) is 0. The number of nitrogens with one attached hydrogen (secondary N) is 1. The topological polar surface area (TPSA) is 75.2 Å². The Labute approximate surface area is 134 Å². The van der Waals surface area contributed by atoms with Gasteiger partial charge in [-0.1, -0.05) is 38.0 Å². The molecule has 1 saturated heterocycles. The number of nitrogens with zero attached hydrogens (tertiary/aromatic N) is 3. The molecule has 0 unspecified atom stereocenters. The molecule has 1 aliphatic carbocycles. The Morgan fingerprint density at radius 2 is 2.05 bits per heavy atom. The van der Waals surface area contributed by atoms with E-state index in [1.165, 1.54) is 24.2 Å². The van der Waals surface area contributed by atoms with E-state index < -0.39 is 0 Å². The van der Waals surface area contributed by atoms with Gasteiger partial charge in [-0.05, 0) is 12.8 Å². The summed E-state index contributed by atoms with van der Waals surface area (Å²) >= 11 is 1.40. The quantitative estimate of drug-likeness (QED) is 0.923. The lowest BCUT2D eigenvalue weighted by molar-refractivity contribution is -0.129. The van der Waals surface area contributed by atoms with E-state index in [1.807, 2.05) is 18.7 Å². The van der Waals surface area contributed by atoms with Crippen LogP contribution in [0.4, 0.5) is 5.13 Å². The first-order chi connectivity index (χ1) is 10.5. The standard InChI is InChI=1S/C15H22N4O2S/c1-9(2)14-17-18-15(22-14)16-13(21)10-7-12(20)19(8-10)11-5-3-4-6-11/h9-11H,3-8H2,1-2H3,(H,16,18,21)/t10-/m1/s1. The summed E-state index contributed by atoms with van der Waals surface area (Å²) in [6, 6.07) is 0.347. The number of hydrogen-bond acceptors (Lipinski definition) is 5. The van der Waals surface area contributed by atoms with Gasteiger partial charge in [0.2, 0.25) is 16.9 Å². The predicted octanol–water partition coefficient (Wildman–Crippen LogP) is 2.39. The van der Waals surface area contributed by atoms with Crippen molar-refractivity contribution in [3.05, 3.63) is 5.01 Å². The lowest BCUT2D eigenvalue weighted by atomic mass is 10.1. The van der Waals surface area contributed by atoms with Gasteiger partial charge in [0.15, 0.2) is 0 Å². The zero-order valence-corrected chi connectivity index (χ0v) is 13.9. The van der Waals surface area contributed by atoms with Crippen LogP contribution in [0.5, 0.6) is 0 Å². The van der Waals surface area contributed by atoms with Crippen LogP contribution in [0.2, 0.25) is 0 Å². The van der Waals surface area contributed by atoms with Gasteiger partial charge in [0, 0.05) is 24.9 Å². The lowest BCUT2D eigenvalue weighted by Crippen LogP contribution is -2.35. The third-order valence-corrected chi connectivity index (χ3v) is 5.60. The number of hydrogen-bond donors (Lipinski definition) is 1. The normalized spacial score (nSPS) is 22.8. The molecule has 0 bridgehead atoms. The minimum absolute atomic E-state index is 0.111. The third-order valence-electron chi connectivity index (χ3n) is 4.46. The second-order valence-corrected chi connectivity index (χ2v) is 7.48. The molecule has 6 nitrogen and oxygen atoms in total. The average Bonchev–Trinajstić information content (AvgIpc) is 3.17. The molecule has 1 saturated carbocycles. The fourth-order valence-electron chi connectivity index (χ4n) is 3.20. The molecule has 22 heavy (non-hydrogen) atoms. The average molecular weight is 322 g/mol. The van der Waals surface area contributed by atoms with E-state index in [2.05, 4.69) is 15.5 Å². The van der Waals surface area contributed by atoms with Gasteiger partial charge in [-0.25, -0.2) is 0 Å². The van der Waals surface area contributed by atoms with E-state index in [-0.39, 0.29) is 17.7 Å². The van der Waals surface area contributed by atoms with E-state index in [0.717, 1.165) is 17.8 Å². The first-order valence-corrected chi connectivity index (χ1v) is 8.80. The number of amides is 2. The molecule has 0 spiro atoms. The first-order valence-electron chi connectivity index (χ1n) is 7.98. The molecular weight excluding hydrogens is 300 g/mol. The van der Waals surface area contributed by atoms with Crippen LogP contribution >= 0.6 is 11.3 Å². The molecule has 1 aromatic rings. The Kier molecular flexibility index (Phi) is 4.42. The van der Waals surface area contributed by atoms with Crippen LogP contribution in [0.15, 0.2) is 0 Å². The van der Waals surface area contributed by atoms with Crippen molar-refractivity contribution in [2.24, 2.45) is 5.92 Å². The zero-order chi connectivity index (χ0) is 15.7. The number of carbonyl (C=O) groups is 2. The van der Waals surface area contributed by atoms with Crippen molar-refractivity contribution in [3.63, 3.8) is 0 Å². The number of aromatic nitrogens is 2. The molecule has 120 valence electrons. The van der Waals surface area contributed by atoms with E-state index in [1.54, 1.807) is 0 Å². The van der Waals surface area contributed by atoms with Gasteiger partial charge in [0.25, 0.3) is 0 Å². The van der Waals surface area contributed by atoms with E-state index in [9.17, 15) is 9.59 Å². The Hall–Kier alpha value is -1.50. The molecule has 2 heterocycles. The molecular formula is C15H22N4O2S. The van der Waals surface area contributed by atoms with Crippen molar-refractivity contribution in [2.45, 2.75) is 57.9 Å². The van der Waals surface area contributed by atoms with Crippen LogP contribution in [0, 0.1) is 5.92 Å². The molecule has 2 fully saturated rings. The number of rotatable bonds is 4. The fourth-order valence-corrected chi connectivity index (χ4v) is 3.95. The highest BCUT2D eigenvalue weighted by Gasteiger charge is 2.38. The summed E-state index contributed by atoms with van der Waals surface area (Å²) in [5.74, 6) is 0.0426.